The molecule has 0 N–H and O–H groups in total. The summed E-state index contributed by atoms with van der Waals surface area (Å²) in [5.74, 6) is -0.725. The lowest BCUT2D eigenvalue weighted by Gasteiger charge is -2.51. The van der Waals surface area contributed by atoms with Gasteiger partial charge in [-0.25, -0.2) is 9.64 Å². The molecule has 0 aromatic heterocycles. The van der Waals surface area contributed by atoms with Gasteiger partial charge in [-0.2, -0.15) is 0 Å². The van der Waals surface area contributed by atoms with Gasteiger partial charge in [0.15, 0.2) is 11.5 Å². The Morgan fingerprint density at radius 2 is 1.87 bits per heavy atom. The summed E-state index contributed by atoms with van der Waals surface area (Å²) in [4.78, 5) is 18.6. The molecule has 2 aliphatic heterocycles. The maximum atomic E-state index is 13.3. The molecule has 2 heterocycles. The number of carbonyl (C=O) groups is 1. The summed E-state index contributed by atoms with van der Waals surface area (Å²) >= 11 is 0. The molecule has 1 unspecified atom stereocenters. The Balaban J connectivity index is 1.67. The first-order valence-electron chi connectivity index (χ1n) is 10.5. The quantitative estimate of drug-likeness (QED) is 0.496. The smallest absolute Gasteiger partial charge is 0.410 e. The van der Waals surface area contributed by atoms with Crippen LogP contribution >= 0.6 is 0 Å². The van der Waals surface area contributed by atoms with E-state index in [0.717, 1.165) is 11.1 Å². The van der Waals surface area contributed by atoms with Crippen molar-refractivity contribution in [3.8, 4) is 0 Å². The summed E-state index contributed by atoms with van der Waals surface area (Å²) in [6.07, 6.45) is 3.00. The van der Waals surface area contributed by atoms with Crippen molar-refractivity contribution < 1.29 is 19.0 Å². The van der Waals surface area contributed by atoms with E-state index in [1.165, 1.54) is 0 Å². The predicted octanol–water partition coefficient (Wildman–Crippen LogP) is 5.18. The van der Waals surface area contributed by atoms with Crippen molar-refractivity contribution in [1.29, 1.82) is 0 Å². The Hall–Kier alpha value is -3.14. The van der Waals surface area contributed by atoms with Crippen LogP contribution in [0.25, 0.3) is 4.85 Å². The number of amides is 1. The molecule has 6 nitrogen and oxygen atoms in total. The summed E-state index contributed by atoms with van der Waals surface area (Å²) in [7, 11) is 0. The molecule has 0 bridgehead atoms. The average molecular weight is 418 g/mol. The third kappa shape index (κ3) is 4.20. The minimum Gasteiger partial charge on any atom is -0.445 e. The Morgan fingerprint density at radius 3 is 2.52 bits per heavy atom. The summed E-state index contributed by atoms with van der Waals surface area (Å²) in [6, 6.07) is 17.0. The number of benzene rings is 2. The zero-order valence-electron chi connectivity index (χ0n) is 17.5. The number of ether oxygens (including phenoxy) is 3. The number of likely N-dealkylation sites (tertiary alicyclic amines) is 1. The third-order valence-corrected chi connectivity index (χ3v) is 6.05. The van der Waals surface area contributed by atoms with Crippen LogP contribution in [0.4, 0.5) is 10.5 Å². The van der Waals surface area contributed by atoms with Gasteiger partial charge < -0.3 is 14.2 Å². The van der Waals surface area contributed by atoms with Gasteiger partial charge >= 0.3 is 6.09 Å². The van der Waals surface area contributed by atoms with Gasteiger partial charge in [-0.15, -0.1) is 6.58 Å². The van der Waals surface area contributed by atoms with Crippen LogP contribution in [0.15, 0.2) is 67.3 Å². The molecule has 2 aromatic carbocycles. The average Bonchev–Trinajstić information content (AvgIpc) is 3.26. The molecule has 1 amide bonds. The number of rotatable bonds is 5. The molecule has 4 rings (SSSR count). The summed E-state index contributed by atoms with van der Waals surface area (Å²) < 4.78 is 17.8. The standard InChI is InChI=1S/C25H26N2O4/c1-3-13-24(21-9-11-22(26-2)12-10-21)19-25(30-16-17-31-25)14-15-27(24)23(28)29-18-20-7-5-4-6-8-20/h3-12H,1,13-19H2. The van der Waals surface area contributed by atoms with E-state index < -0.39 is 11.3 Å². The molecule has 2 aromatic rings. The molecule has 2 fully saturated rings. The van der Waals surface area contributed by atoms with Crippen molar-refractivity contribution >= 4 is 11.8 Å². The number of nitrogens with zero attached hydrogens (tertiary/aromatic N) is 2. The maximum Gasteiger partial charge on any atom is 0.410 e. The van der Waals surface area contributed by atoms with E-state index in [4.69, 9.17) is 20.8 Å². The zero-order chi connectivity index (χ0) is 21.7. The second-order valence-electron chi connectivity index (χ2n) is 7.91. The van der Waals surface area contributed by atoms with Gasteiger partial charge in [0.25, 0.3) is 0 Å². The minimum atomic E-state index is -0.737. The van der Waals surface area contributed by atoms with E-state index in [0.29, 0.717) is 44.7 Å². The second kappa shape index (κ2) is 8.93. The highest BCUT2D eigenvalue weighted by Gasteiger charge is 2.54. The molecule has 0 radical (unpaired) electrons. The molecule has 160 valence electrons. The highest BCUT2D eigenvalue weighted by molar-refractivity contribution is 5.70. The van der Waals surface area contributed by atoms with Crippen molar-refractivity contribution in [2.75, 3.05) is 19.8 Å². The predicted molar refractivity (Wildman–Crippen MR) is 116 cm³/mol. The number of carbonyl (C=O) groups excluding carboxylic acids is 1. The topological polar surface area (TPSA) is 52.4 Å². The van der Waals surface area contributed by atoms with Crippen LogP contribution < -0.4 is 0 Å². The van der Waals surface area contributed by atoms with E-state index in [1.807, 2.05) is 48.5 Å². The highest BCUT2D eigenvalue weighted by Crippen LogP contribution is 2.48. The van der Waals surface area contributed by atoms with Crippen molar-refractivity contribution in [3.05, 3.63) is 89.8 Å². The zero-order valence-corrected chi connectivity index (χ0v) is 17.5. The van der Waals surface area contributed by atoms with E-state index >= 15 is 0 Å². The first kappa shape index (κ1) is 21.1. The fraction of sp³-hybridized carbons (Fsp3) is 0.360. The van der Waals surface area contributed by atoms with Gasteiger partial charge in [-0.05, 0) is 17.5 Å². The van der Waals surface area contributed by atoms with Gasteiger partial charge in [0, 0.05) is 19.4 Å². The number of hydrogen-bond donors (Lipinski definition) is 0. The largest absolute Gasteiger partial charge is 0.445 e. The van der Waals surface area contributed by atoms with Gasteiger partial charge in [-0.3, -0.25) is 4.90 Å². The Kier molecular flexibility index (Phi) is 6.08. The first-order chi connectivity index (χ1) is 15.1. The highest BCUT2D eigenvalue weighted by atomic mass is 16.7. The van der Waals surface area contributed by atoms with Crippen LogP contribution in [0.1, 0.15) is 30.4 Å². The van der Waals surface area contributed by atoms with E-state index in [2.05, 4.69) is 11.4 Å². The van der Waals surface area contributed by atoms with Crippen LogP contribution in [0.5, 0.6) is 0 Å². The molecule has 31 heavy (non-hydrogen) atoms. The molecular formula is C25H26N2O4. The fourth-order valence-electron chi connectivity index (χ4n) is 4.58. The Morgan fingerprint density at radius 1 is 1.16 bits per heavy atom. The molecule has 0 aliphatic carbocycles. The SMILES string of the molecule is [C-]#[N+]c1ccc(C2(CC=C)CC3(CCN2C(=O)OCc2ccccc2)OCCO3)cc1. The van der Waals surface area contributed by atoms with Gasteiger partial charge in [0.1, 0.15) is 6.61 Å². The van der Waals surface area contributed by atoms with Gasteiger partial charge in [0.2, 0.25) is 0 Å². The van der Waals surface area contributed by atoms with Crippen LogP contribution in [0.3, 0.4) is 0 Å². The van der Waals surface area contributed by atoms with Crippen molar-refractivity contribution in [2.24, 2.45) is 0 Å². The Labute approximate surface area is 182 Å². The lowest BCUT2D eigenvalue weighted by molar-refractivity contribution is -0.211. The molecular weight excluding hydrogens is 392 g/mol. The molecule has 2 aliphatic rings. The first-order valence-corrected chi connectivity index (χ1v) is 10.5. The third-order valence-electron chi connectivity index (χ3n) is 6.05. The van der Waals surface area contributed by atoms with E-state index in [-0.39, 0.29) is 12.7 Å². The normalized spacial score (nSPS) is 22.1. The molecule has 1 spiro atoms. The number of hydrogen-bond acceptors (Lipinski definition) is 4. The van der Waals surface area contributed by atoms with Crippen LogP contribution in [0.2, 0.25) is 0 Å². The summed E-state index contributed by atoms with van der Waals surface area (Å²) in [5, 5.41) is 0. The van der Waals surface area contributed by atoms with Gasteiger partial charge in [-0.1, -0.05) is 60.7 Å². The fourth-order valence-corrected chi connectivity index (χ4v) is 4.58. The number of piperidine rings is 1. The minimum absolute atomic E-state index is 0.204. The van der Waals surface area contributed by atoms with Crippen molar-refractivity contribution in [2.45, 2.75) is 37.2 Å². The second-order valence-corrected chi connectivity index (χ2v) is 7.91. The maximum absolute atomic E-state index is 13.3. The van der Waals surface area contributed by atoms with Crippen LogP contribution in [-0.2, 0) is 26.4 Å². The summed E-state index contributed by atoms with van der Waals surface area (Å²) in [5.41, 5.74) is 1.66. The van der Waals surface area contributed by atoms with E-state index in [1.54, 1.807) is 17.0 Å². The molecule has 2 saturated heterocycles. The summed E-state index contributed by atoms with van der Waals surface area (Å²) in [6.45, 7) is 12.9. The van der Waals surface area contributed by atoms with Crippen LogP contribution in [0, 0.1) is 6.57 Å². The monoisotopic (exact) mass is 418 g/mol. The molecule has 1 atom stereocenters. The van der Waals surface area contributed by atoms with Crippen molar-refractivity contribution in [3.63, 3.8) is 0 Å². The van der Waals surface area contributed by atoms with Gasteiger partial charge in [0.05, 0.1) is 25.3 Å². The van der Waals surface area contributed by atoms with Crippen LogP contribution in [-0.4, -0.2) is 36.5 Å². The van der Waals surface area contributed by atoms with Crippen molar-refractivity contribution in [1.82, 2.24) is 4.90 Å². The van der Waals surface area contributed by atoms with E-state index in [9.17, 15) is 4.79 Å². The lowest BCUT2D eigenvalue weighted by atomic mass is 9.75. The lowest BCUT2D eigenvalue weighted by Crippen LogP contribution is -2.59. The Bertz CT molecular complexity index is 961. The molecule has 0 saturated carbocycles. The molecule has 6 heteroatoms.